The number of alkyl halides is 6. The fourth-order valence-electron chi connectivity index (χ4n) is 1.94. The van der Waals surface area contributed by atoms with Crippen LogP contribution in [0.15, 0.2) is 0 Å². The maximum atomic E-state index is 12.9. The topological polar surface area (TPSA) is 32.3 Å². The number of carbonyl (C=O) groups is 1. The first-order valence-corrected chi connectivity index (χ1v) is 5.09. The summed E-state index contributed by atoms with van der Waals surface area (Å²) in [6, 6.07) is 0. The zero-order valence-electron chi connectivity index (χ0n) is 9.45. The van der Waals surface area contributed by atoms with E-state index in [4.69, 9.17) is 0 Å². The van der Waals surface area contributed by atoms with Gasteiger partial charge in [-0.3, -0.25) is 4.79 Å². The molecule has 0 aliphatic carbocycles. The summed E-state index contributed by atoms with van der Waals surface area (Å²) in [6.45, 7) is -2.42. The summed E-state index contributed by atoms with van der Waals surface area (Å²) < 4.78 is 74.9. The lowest BCUT2D eigenvalue weighted by Crippen LogP contribution is -2.54. The van der Waals surface area contributed by atoms with E-state index in [1.165, 1.54) is 0 Å². The van der Waals surface area contributed by atoms with Gasteiger partial charge in [0.15, 0.2) is 5.41 Å². The molecule has 1 aliphatic rings. The van der Waals surface area contributed by atoms with Crippen molar-refractivity contribution in [2.75, 3.05) is 26.7 Å². The zero-order chi connectivity index (χ0) is 14.2. The first-order valence-electron chi connectivity index (χ1n) is 5.09. The van der Waals surface area contributed by atoms with Crippen LogP contribution in [0.2, 0.25) is 0 Å². The number of nitrogens with one attached hydrogen (secondary N) is 1. The predicted molar refractivity (Wildman–Crippen MR) is 49.7 cm³/mol. The van der Waals surface area contributed by atoms with Crippen molar-refractivity contribution in [3.63, 3.8) is 0 Å². The summed E-state index contributed by atoms with van der Waals surface area (Å²) >= 11 is 0. The number of nitrogens with zero attached hydrogens (tertiary/aromatic N) is 1. The van der Waals surface area contributed by atoms with Gasteiger partial charge in [0, 0.05) is 13.6 Å². The van der Waals surface area contributed by atoms with E-state index in [9.17, 15) is 31.1 Å². The van der Waals surface area contributed by atoms with Gasteiger partial charge < -0.3 is 10.2 Å². The summed E-state index contributed by atoms with van der Waals surface area (Å²) in [7, 11) is 0.724. The Morgan fingerprint density at radius 2 is 1.83 bits per heavy atom. The standard InChI is InChI=1S/C9H12F6N2O/c1-17(5-8(10,11)12)6(18)7(9(13,14)15)2-3-16-4-7/h16H,2-5H2,1H3. The number of halogens is 6. The van der Waals surface area contributed by atoms with Crippen molar-refractivity contribution in [2.24, 2.45) is 5.41 Å². The van der Waals surface area contributed by atoms with Crippen LogP contribution in [0.3, 0.4) is 0 Å². The van der Waals surface area contributed by atoms with E-state index in [2.05, 4.69) is 5.32 Å². The van der Waals surface area contributed by atoms with E-state index in [0.717, 1.165) is 7.05 Å². The van der Waals surface area contributed by atoms with Crippen LogP contribution >= 0.6 is 0 Å². The lowest BCUT2D eigenvalue weighted by Gasteiger charge is -2.33. The third-order valence-electron chi connectivity index (χ3n) is 2.87. The van der Waals surface area contributed by atoms with Gasteiger partial charge in [0.25, 0.3) is 0 Å². The molecule has 0 aromatic heterocycles. The Kier molecular flexibility index (Phi) is 3.85. The van der Waals surface area contributed by atoms with Crippen LogP contribution in [0, 0.1) is 5.41 Å². The van der Waals surface area contributed by atoms with Crippen LogP contribution < -0.4 is 5.32 Å². The third-order valence-corrected chi connectivity index (χ3v) is 2.87. The molecule has 0 radical (unpaired) electrons. The van der Waals surface area contributed by atoms with Gasteiger partial charge in [-0.15, -0.1) is 0 Å². The van der Waals surface area contributed by atoms with Gasteiger partial charge in [-0.1, -0.05) is 0 Å². The van der Waals surface area contributed by atoms with Gasteiger partial charge in [-0.05, 0) is 13.0 Å². The summed E-state index contributed by atoms with van der Waals surface area (Å²) in [5, 5.41) is 2.37. The number of amides is 1. The Labute approximate surface area is 99.1 Å². The molecule has 3 nitrogen and oxygen atoms in total. The fraction of sp³-hybridized carbons (Fsp3) is 0.889. The first-order chi connectivity index (χ1) is 8.00. The van der Waals surface area contributed by atoms with Gasteiger partial charge in [0.1, 0.15) is 6.54 Å². The second-order valence-electron chi connectivity index (χ2n) is 4.28. The lowest BCUT2D eigenvalue weighted by molar-refractivity contribution is -0.225. The average molecular weight is 278 g/mol. The Bertz CT molecular complexity index is 318. The summed E-state index contributed by atoms with van der Waals surface area (Å²) in [5.41, 5.74) is -2.74. The second-order valence-corrected chi connectivity index (χ2v) is 4.28. The van der Waals surface area contributed by atoms with Gasteiger partial charge in [-0.2, -0.15) is 26.3 Å². The molecule has 1 rings (SSSR count). The lowest BCUT2D eigenvalue weighted by atomic mass is 9.84. The molecule has 0 aromatic rings. The molecule has 1 atom stereocenters. The SMILES string of the molecule is CN(CC(F)(F)F)C(=O)C1(C(F)(F)F)CCNC1. The second kappa shape index (κ2) is 4.60. The van der Waals surface area contributed by atoms with Gasteiger partial charge in [0.05, 0.1) is 0 Å². The van der Waals surface area contributed by atoms with Crippen molar-refractivity contribution in [1.82, 2.24) is 10.2 Å². The van der Waals surface area contributed by atoms with E-state index in [-0.39, 0.29) is 11.4 Å². The maximum Gasteiger partial charge on any atom is 0.406 e. The van der Waals surface area contributed by atoms with E-state index in [1.54, 1.807) is 0 Å². The third kappa shape index (κ3) is 2.88. The largest absolute Gasteiger partial charge is 0.406 e. The van der Waals surface area contributed by atoms with Crippen LogP contribution in [0.25, 0.3) is 0 Å². The minimum Gasteiger partial charge on any atom is -0.336 e. The molecule has 1 saturated heterocycles. The fourth-order valence-corrected chi connectivity index (χ4v) is 1.94. The highest BCUT2D eigenvalue weighted by Gasteiger charge is 2.62. The molecule has 0 saturated carbocycles. The molecule has 1 fully saturated rings. The number of rotatable bonds is 2. The van der Waals surface area contributed by atoms with Crippen molar-refractivity contribution in [1.29, 1.82) is 0 Å². The molecule has 106 valence electrons. The van der Waals surface area contributed by atoms with E-state index in [1.807, 2.05) is 0 Å². The van der Waals surface area contributed by atoms with Crippen molar-refractivity contribution >= 4 is 5.91 Å². The Balaban J connectivity index is 2.92. The minimum atomic E-state index is -4.87. The van der Waals surface area contributed by atoms with E-state index < -0.39 is 43.2 Å². The zero-order valence-corrected chi connectivity index (χ0v) is 9.45. The molecular formula is C9H12F6N2O. The van der Waals surface area contributed by atoms with Crippen LogP contribution in [0.1, 0.15) is 6.42 Å². The van der Waals surface area contributed by atoms with E-state index in [0.29, 0.717) is 0 Å². The molecule has 0 aromatic carbocycles. The van der Waals surface area contributed by atoms with E-state index >= 15 is 0 Å². The number of carbonyl (C=O) groups excluding carboxylic acids is 1. The van der Waals surface area contributed by atoms with Gasteiger partial charge >= 0.3 is 12.4 Å². The normalized spacial score (nSPS) is 25.3. The van der Waals surface area contributed by atoms with Crippen LogP contribution in [0.5, 0.6) is 0 Å². The number of hydrogen-bond donors (Lipinski definition) is 1. The highest BCUT2D eigenvalue weighted by molar-refractivity contribution is 5.84. The smallest absolute Gasteiger partial charge is 0.336 e. The molecular weight excluding hydrogens is 266 g/mol. The summed E-state index contributed by atoms with van der Waals surface area (Å²) in [6.07, 6.45) is -10.1. The Morgan fingerprint density at radius 3 is 2.17 bits per heavy atom. The first kappa shape index (κ1) is 15.1. The van der Waals surface area contributed by atoms with Gasteiger partial charge in [-0.25, -0.2) is 0 Å². The quantitative estimate of drug-likeness (QED) is 0.777. The molecule has 1 heterocycles. The Hall–Kier alpha value is -0.990. The molecule has 0 bridgehead atoms. The number of hydrogen-bond acceptors (Lipinski definition) is 2. The van der Waals surface area contributed by atoms with Crippen molar-refractivity contribution in [2.45, 2.75) is 18.8 Å². The Morgan fingerprint density at radius 1 is 1.28 bits per heavy atom. The molecule has 1 unspecified atom stereocenters. The van der Waals surface area contributed by atoms with Crippen LogP contribution in [0.4, 0.5) is 26.3 Å². The van der Waals surface area contributed by atoms with Crippen LogP contribution in [-0.4, -0.2) is 49.8 Å². The molecule has 0 spiro atoms. The molecule has 1 amide bonds. The van der Waals surface area contributed by atoms with Crippen molar-refractivity contribution < 1.29 is 31.1 Å². The van der Waals surface area contributed by atoms with Crippen molar-refractivity contribution in [3.05, 3.63) is 0 Å². The summed E-state index contributed by atoms with van der Waals surface area (Å²) in [5.74, 6) is -1.54. The highest BCUT2D eigenvalue weighted by Crippen LogP contribution is 2.44. The molecule has 9 heteroatoms. The average Bonchev–Trinajstić information content (AvgIpc) is 2.62. The van der Waals surface area contributed by atoms with Crippen LogP contribution in [-0.2, 0) is 4.79 Å². The maximum absolute atomic E-state index is 12.9. The molecule has 18 heavy (non-hydrogen) atoms. The highest BCUT2D eigenvalue weighted by atomic mass is 19.4. The van der Waals surface area contributed by atoms with Gasteiger partial charge in [0.2, 0.25) is 5.91 Å². The predicted octanol–water partition coefficient (Wildman–Crippen LogP) is 1.55. The molecule has 1 N–H and O–H groups in total. The monoisotopic (exact) mass is 278 g/mol. The molecule has 1 aliphatic heterocycles. The van der Waals surface area contributed by atoms with Crippen molar-refractivity contribution in [3.8, 4) is 0 Å². The summed E-state index contributed by atoms with van der Waals surface area (Å²) in [4.78, 5) is 11.7. The minimum absolute atomic E-state index is 0.0505.